The summed E-state index contributed by atoms with van der Waals surface area (Å²) >= 11 is 1.34. The van der Waals surface area contributed by atoms with Crippen LogP contribution in [0.2, 0.25) is 0 Å². The van der Waals surface area contributed by atoms with E-state index in [-0.39, 0.29) is 11.7 Å². The Labute approximate surface area is 169 Å². The van der Waals surface area contributed by atoms with Crippen LogP contribution in [0.5, 0.6) is 0 Å². The first-order valence-electron chi connectivity index (χ1n) is 9.17. The van der Waals surface area contributed by atoms with E-state index in [1.807, 2.05) is 72.3 Å². The molecule has 0 radical (unpaired) electrons. The average Bonchev–Trinajstić information content (AvgIpc) is 3.11. The molecule has 1 N–H and O–H groups in total. The first-order valence-corrected chi connectivity index (χ1v) is 10.2. The zero-order chi connectivity index (χ0) is 19.8. The maximum Gasteiger partial charge on any atom is 0.250 e. The molecule has 1 aromatic heterocycles. The molecule has 0 spiro atoms. The van der Waals surface area contributed by atoms with Gasteiger partial charge in [0, 0.05) is 12.6 Å². The van der Waals surface area contributed by atoms with Crippen molar-refractivity contribution in [2.45, 2.75) is 24.9 Å². The maximum atomic E-state index is 12.2. The molecule has 0 saturated heterocycles. The molecule has 7 heteroatoms. The van der Waals surface area contributed by atoms with Crippen molar-refractivity contribution >= 4 is 23.4 Å². The van der Waals surface area contributed by atoms with Crippen LogP contribution in [0.4, 0.5) is 0 Å². The largest absolute Gasteiger partial charge is 0.305 e. The van der Waals surface area contributed by atoms with Crippen LogP contribution in [0, 0.1) is 0 Å². The second kappa shape index (κ2) is 9.85. The molecule has 0 bridgehead atoms. The van der Waals surface area contributed by atoms with Gasteiger partial charge in [-0.05, 0) is 12.0 Å². The van der Waals surface area contributed by atoms with Gasteiger partial charge in [0.05, 0.1) is 11.5 Å². The van der Waals surface area contributed by atoms with E-state index in [9.17, 15) is 4.79 Å². The predicted octanol–water partition coefficient (Wildman–Crippen LogP) is 3.89. The van der Waals surface area contributed by atoms with Crippen LogP contribution in [-0.2, 0) is 11.8 Å². The van der Waals surface area contributed by atoms with E-state index < -0.39 is 0 Å². The molecule has 2 aromatic carbocycles. The number of hydrogen-bond acceptors (Lipinski definition) is 5. The highest BCUT2D eigenvalue weighted by Gasteiger charge is 2.12. The number of thioether (sulfide) groups is 1. The van der Waals surface area contributed by atoms with Gasteiger partial charge in [-0.1, -0.05) is 85.8 Å². The maximum absolute atomic E-state index is 12.2. The SMILES string of the molecule is CCCC(=NNC(=O)CSc1nnc(-c2ccccc2)n1C)c1ccccc1. The highest BCUT2D eigenvalue weighted by atomic mass is 32.2. The summed E-state index contributed by atoms with van der Waals surface area (Å²) in [6.07, 6.45) is 1.76. The van der Waals surface area contributed by atoms with Crippen molar-refractivity contribution in [2.75, 3.05) is 5.75 Å². The molecule has 0 aliphatic heterocycles. The van der Waals surface area contributed by atoms with Gasteiger partial charge in [0.1, 0.15) is 0 Å². The van der Waals surface area contributed by atoms with Crippen molar-refractivity contribution in [1.29, 1.82) is 0 Å². The average molecular weight is 394 g/mol. The number of rotatable bonds is 8. The molecule has 3 aromatic rings. The highest BCUT2D eigenvalue weighted by Crippen LogP contribution is 2.22. The molecule has 6 nitrogen and oxygen atoms in total. The molecule has 3 rings (SSSR count). The number of carbonyl (C=O) groups is 1. The molecule has 0 unspecified atom stereocenters. The Morgan fingerprint density at radius 3 is 2.43 bits per heavy atom. The number of nitrogens with one attached hydrogen (secondary N) is 1. The number of amides is 1. The summed E-state index contributed by atoms with van der Waals surface area (Å²) in [5.74, 6) is 0.827. The molecule has 28 heavy (non-hydrogen) atoms. The van der Waals surface area contributed by atoms with Gasteiger partial charge in [0.15, 0.2) is 11.0 Å². The van der Waals surface area contributed by atoms with Crippen molar-refractivity contribution in [3.8, 4) is 11.4 Å². The third-order valence-corrected chi connectivity index (χ3v) is 5.13. The summed E-state index contributed by atoms with van der Waals surface area (Å²) in [6, 6.07) is 19.8. The van der Waals surface area contributed by atoms with Gasteiger partial charge in [-0.2, -0.15) is 5.10 Å². The van der Waals surface area contributed by atoms with Crippen LogP contribution in [0.3, 0.4) is 0 Å². The van der Waals surface area contributed by atoms with E-state index in [1.54, 1.807) is 0 Å². The van der Waals surface area contributed by atoms with E-state index in [0.29, 0.717) is 5.16 Å². The van der Waals surface area contributed by atoms with Crippen molar-refractivity contribution in [2.24, 2.45) is 12.1 Å². The van der Waals surface area contributed by atoms with E-state index in [2.05, 4.69) is 27.6 Å². The third-order valence-electron chi connectivity index (χ3n) is 4.11. The Hall–Kier alpha value is -2.93. The lowest BCUT2D eigenvalue weighted by molar-refractivity contribution is -0.118. The molecule has 0 atom stereocenters. The minimum Gasteiger partial charge on any atom is -0.305 e. The van der Waals surface area contributed by atoms with Crippen LogP contribution in [0.15, 0.2) is 70.9 Å². The van der Waals surface area contributed by atoms with Gasteiger partial charge in [-0.3, -0.25) is 4.79 Å². The molecule has 0 aliphatic carbocycles. The van der Waals surface area contributed by atoms with Crippen molar-refractivity contribution in [1.82, 2.24) is 20.2 Å². The molecule has 0 fully saturated rings. The number of hydrazone groups is 1. The van der Waals surface area contributed by atoms with E-state index >= 15 is 0 Å². The van der Waals surface area contributed by atoms with Gasteiger partial charge in [0.2, 0.25) is 0 Å². The lowest BCUT2D eigenvalue weighted by Gasteiger charge is -2.06. The van der Waals surface area contributed by atoms with E-state index in [0.717, 1.165) is 35.5 Å². The van der Waals surface area contributed by atoms with Crippen molar-refractivity contribution < 1.29 is 4.79 Å². The van der Waals surface area contributed by atoms with Crippen molar-refractivity contribution in [3.05, 3.63) is 66.2 Å². The predicted molar refractivity (Wildman–Crippen MR) is 113 cm³/mol. The van der Waals surface area contributed by atoms with Crippen molar-refractivity contribution in [3.63, 3.8) is 0 Å². The van der Waals surface area contributed by atoms with Gasteiger partial charge in [0.25, 0.3) is 5.91 Å². The Morgan fingerprint density at radius 1 is 1.07 bits per heavy atom. The fourth-order valence-electron chi connectivity index (χ4n) is 2.70. The second-order valence-electron chi connectivity index (χ2n) is 6.23. The number of aromatic nitrogens is 3. The van der Waals surface area contributed by atoms with Gasteiger partial charge >= 0.3 is 0 Å². The number of hydrogen-bond donors (Lipinski definition) is 1. The fourth-order valence-corrected chi connectivity index (χ4v) is 3.41. The second-order valence-corrected chi connectivity index (χ2v) is 7.17. The van der Waals surface area contributed by atoms with Gasteiger partial charge in [-0.15, -0.1) is 10.2 Å². The summed E-state index contributed by atoms with van der Waals surface area (Å²) in [5, 5.41) is 13.5. The molecule has 1 amide bonds. The van der Waals surface area contributed by atoms with Crippen LogP contribution >= 0.6 is 11.8 Å². The van der Waals surface area contributed by atoms with Crippen LogP contribution in [0.25, 0.3) is 11.4 Å². The number of benzene rings is 2. The van der Waals surface area contributed by atoms with E-state index in [4.69, 9.17) is 0 Å². The Bertz CT molecular complexity index is 938. The van der Waals surface area contributed by atoms with Crippen LogP contribution < -0.4 is 5.43 Å². The topological polar surface area (TPSA) is 72.2 Å². The first-order chi connectivity index (χ1) is 13.7. The highest BCUT2D eigenvalue weighted by molar-refractivity contribution is 7.99. The fraction of sp³-hybridized carbons (Fsp3) is 0.238. The molecular formula is C21H23N5OS. The Kier molecular flexibility index (Phi) is 6.97. The van der Waals surface area contributed by atoms with Crippen LogP contribution in [0.1, 0.15) is 25.3 Å². The molecule has 1 heterocycles. The van der Waals surface area contributed by atoms with Gasteiger partial charge < -0.3 is 4.57 Å². The lowest BCUT2D eigenvalue weighted by atomic mass is 10.1. The monoisotopic (exact) mass is 393 g/mol. The summed E-state index contributed by atoms with van der Waals surface area (Å²) in [5.41, 5.74) is 5.56. The summed E-state index contributed by atoms with van der Waals surface area (Å²) in [6.45, 7) is 2.09. The molecule has 0 saturated carbocycles. The number of nitrogens with zero attached hydrogens (tertiary/aromatic N) is 4. The standard InChI is InChI=1S/C21H23N5OS/c1-3-10-18(16-11-6-4-7-12-16)22-23-19(27)15-28-21-25-24-20(26(21)2)17-13-8-5-9-14-17/h4-9,11-14H,3,10,15H2,1-2H3,(H,23,27). The minimum absolute atomic E-state index is 0.168. The summed E-state index contributed by atoms with van der Waals surface area (Å²) in [4.78, 5) is 12.2. The molecule has 0 aliphatic rings. The van der Waals surface area contributed by atoms with Gasteiger partial charge in [-0.25, -0.2) is 5.43 Å². The zero-order valence-corrected chi connectivity index (χ0v) is 16.8. The summed E-state index contributed by atoms with van der Waals surface area (Å²) < 4.78 is 1.89. The zero-order valence-electron chi connectivity index (χ0n) is 16.0. The third kappa shape index (κ3) is 5.07. The first kappa shape index (κ1) is 19.8. The quantitative estimate of drug-likeness (QED) is 0.358. The smallest absolute Gasteiger partial charge is 0.250 e. The Balaban J connectivity index is 1.61. The normalized spacial score (nSPS) is 11.4. The molecule has 144 valence electrons. The summed E-state index contributed by atoms with van der Waals surface area (Å²) in [7, 11) is 1.90. The molecular weight excluding hydrogens is 370 g/mol. The number of carbonyl (C=O) groups excluding carboxylic acids is 1. The van der Waals surface area contributed by atoms with E-state index in [1.165, 1.54) is 11.8 Å². The Morgan fingerprint density at radius 2 is 1.75 bits per heavy atom. The lowest BCUT2D eigenvalue weighted by Crippen LogP contribution is -2.22. The van der Waals surface area contributed by atoms with Crippen LogP contribution in [-0.4, -0.2) is 32.1 Å². The minimum atomic E-state index is -0.168.